The van der Waals surface area contributed by atoms with E-state index in [0.717, 1.165) is 11.3 Å². The Balaban J connectivity index is 2.55. The molecule has 0 aliphatic carbocycles. The van der Waals surface area contributed by atoms with Gasteiger partial charge in [0.15, 0.2) is 0 Å². The molecule has 0 unspecified atom stereocenters. The second-order valence-electron chi connectivity index (χ2n) is 5.64. The van der Waals surface area contributed by atoms with Crippen molar-refractivity contribution in [2.75, 3.05) is 0 Å². The van der Waals surface area contributed by atoms with Crippen LogP contribution >= 0.6 is 0 Å². The Hall–Kier alpha value is -2.63. The van der Waals surface area contributed by atoms with Crippen LogP contribution in [0.3, 0.4) is 0 Å². The van der Waals surface area contributed by atoms with Gasteiger partial charge in [-0.2, -0.15) is 0 Å². The highest BCUT2D eigenvalue weighted by atomic mass is 16.6. The van der Waals surface area contributed by atoms with E-state index in [1.54, 1.807) is 25.1 Å². The minimum absolute atomic E-state index is 0.0147. The number of nitro groups is 1. The molecule has 0 bridgehead atoms. The van der Waals surface area contributed by atoms with Gasteiger partial charge in [0, 0.05) is 30.1 Å². The van der Waals surface area contributed by atoms with E-state index in [0.29, 0.717) is 18.2 Å². The highest BCUT2D eigenvalue weighted by molar-refractivity contribution is 5.91. The first-order chi connectivity index (χ1) is 10.3. The lowest BCUT2D eigenvalue weighted by molar-refractivity contribution is -0.384. The summed E-state index contributed by atoms with van der Waals surface area (Å²) in [6.07, 6.45) is 0. The number of rotatable bonds is 5. The first-order valence-electron chi connectivity index (χ1n) is 6.99. The molecule has 22 heavy (non-hydrogen) atoms. The van der Waals surface area contributed by atoms with Crippen LogP contribution in [0.5, 0.6) is 0 Å². The first kappa shape index (κ1) is 15.8. The Morgan fingerprint density at radius 1 is 1.32 bits per heavy atom. The molecule has 1 aromatic heterocycles. The summed E-state index contributed by atoms with van der Waals surface area (Å²) < 4.78 is 1.95. The van der Waals surface area contributed by atoms with Crippen molar-refractivity contribution in [1.29, 1.82) is 0 Å². The third kappa shape index (κ3) is 3.00. The molecule has 0 amide bonds. The second kappa shape index (κ2) is 6.01. The summed E-state index contributed by atoms with van der Waals surface area (Å²) in [5, 5.41) is 20.0. The maximum Gasteiger partial charge on any atom is 0.337 e. The number of benzene rings is 1. The van der Waals surface area contributed by atoms with Crippen LogP contribution < -0.4 is 0 Å². The SMILES string of the molecule is Cc1c(C(=O)O)cc(-c2ccc([N+](=O)[O-])cc2)n1CC(C)C. The molecule has 2 aromatic rings. The molecule has 0 aliphatic heterocycles. The van der Waals surface area contributed by atoms with E-state index in [4.69, 9.17) is 0 Å². The summed E-state index contributed by atoms with van der Waals surface area (Å²) in [6, 6.07) is 7.78. The summed E-state index contributed by atoms with van der Waals surface area (Å²) in [7, 11) is 0. The number of non-ortho nitro benzene ring substituents is 1. The molecule has 0 saturated heterocycles. The Kier molecular flexibility index (Phi) is 4.30. The standard InChI is InChI=1S/C16H18N2O4/c1-10(2)9-17-11(3)14(16(19)20)8-15(17)12-4-6-13(7-5-12)18(21)22/h4-8,10H,9H2,1-3H3,(H,19,20). The average molecular weight is 302 g/mol. The molecular weight excluding hydrogens is 284 g/mol. The van der Waals surface area contributed by atoms with Crippen LogP contribution in [0, 0.1) is 23.0 Å². The van der Waals surface area contributed by atoms with Crippen molar-refractivity contribution < 1.29 is 14.8 Å². The summed E-state index contributed by atoms with van der Waals surface area (Å²) in [6.45, 7) is 6.57. The van der Waals surface area contributed by atoms with Crippen LogP contribution in [0.15, 0.2) is 30.3 Å². The fraction of sp³-hybridized carbons (Fsp3) is 0.312. The normalized spacial score (nSPS) is 10.9. The summed E-state index contributed by atoms with van der Waals surface area (Å²) >= 11 is 0. The van der Waals surface area contributed by atoms with Gasteiger partial charge in [-0.1, -0.05) is 13.8 Å². The van der Waals surface area contributed by atoms with Gasteiger partial charge in [0.25, 0.3) is 5.69 Å². The Bertz CT molecular complexity index is 714. The van der Waals surface area contributed by atoms with E-state index >= 15 is 0 Å². The van der Waals surface area contributed by atoms with Gasteiger partial charge in [0.05, 0.1) is 10.5 Å². The molecule has 1 N–H and O–H groups in total. The van der Waals surface area contributed by atoms with Gasteiger partial charge in [-0.3, -0.25) is 10.1 Å². The predicted octanol–water partition coefficient (Wildman–Crippen LogP) is 3.73. The van der Waals surface area contributed by atoms with Gasteiger partial charge in [0.1, 0.15) is 0 Å². The fourth-order valence-corrected chi connectivity index (χ4v) is 2.46. The summed E-state index contributed by atoms with van der Waals surface area (Å²) in [5.41, 5.74) is 2.49. The minimum Gasteiger partial charge on any atom is -0.478 e. The highest BCUT2D eigenvalue weighted by Gasteiger charge is 2.18. The summed E-state index contributed by atoms with van der Waals surface area (Å²) in [5.74, 6) is -0.618. The van der Waals surface area contributed by atoms with E-state index in [-0.39, 0.29) is 11.3 Å². The number of hydrogen-bond donors (Lipinski definition) is 1. The lowest BCUT2D eigenvalue weighted by atomic mass is 10.1. The Morgan fingerprint density at radius 2 is 1.91 bits per heavy atom. The van der Waals surface area contributed by atoms with E-state index in [1.807, 2.05) is 4.57 Å². The number of carboxylic acids is 1. The monoisotopic (exact) mass is 302 g/mol. The van der Waals surface area contributed by atoms with Gasteiger partial charge in [-0.25, -0.2) is 4.79 Å². The van der Waals surface area contributed by atoms with Gasteiger partial charge in [-0.15, -0.1) is 0 Å². The van der Waals surface area contributed by atoms with Crippen molar-refractivity contribution in [3.8, 4) is 11.3 Å². The van der Waals surface area contributed by atoms with Crippen molar-refractivity contribution in [2.24, 2.45) is 5.92 Å². The maximum atomic E-state index is 11.3. The molecule has 0 atom stereocenters. The molecule has 6 nitrogen and oxygen atoms in total. The molecule has 116 valence electrons. The van der Waals surface area contributed by atoms with Crippen LogP contribution in [-0.2, 0) is 6.54 Å². The molecule has 0 saturated carbocycles. The van der Waals surface area contributed by atoms with Crippen molar-refractivity contribution in [3.05, 3.63) is 51.7 Å². The van der Waals surface area contributed by atoms with Gasteiger partial charge < -0.3 is 9.67 Å². The van der Waals surface area contributed by atoms with Gasteiger partial charge in [-0.05, 0) is 36.6 Å². The minimum atomic E-state index is -0.969. The average Bonchev–Trinajstić information content (AvgIpc) is 2.76. The van der Waals surface area contributed by atoms with Crippen molar-refractivity contribution in [2.45, 2.75) is 27.3 Å². The number of carboxylic acid groups (broad SMARTS) is 1. The number of nitro benzene ring substituents is 1. The molecular formula is C16H18N2O4. The van der Waals surface area contributed by atoms with Crippen LogP contribution in [0.1, 0.15) is 29.9 Å². The van der Waals surface area contributed by atoms with Crippen LogP contribution in [0.4, 0.5) is 5.69 Å². The Labute approximate surface area is 128 Å². The zero-order chi connectivity index (χ0) is 16.4. The summed E-state index contributed by atoms with van der Waals surface area (Å²) in [4.78, 5) is 21.6. The van der Waals surface area contributed by atoms with Crippen molar-refractivity contribution in [3.63, 3.8) is 0 Å². The lowest BCUT2D eigenvalue weighted by Gasteiger charge is -2.14. The molecule has 0 radical (unpaired) electrons. The quantitative estimate of drug-likeness (QED) is 0.673. The van der Waals surface area contributed by atoms with Crippen LogP contribution in [0.25, 0.3) is 11.3 Å². The smallest absolute Gasteiger partial charge is 0.337 e. The fourth-order valence-electron chi connectivity index (χ4n) is 2.46. The largest absolute Gasteiger partial charge is 0.478 e. The number of carbonyl (C=O) groups is 1. The maximum absolute atomic E-state index is 11.3. The van der Waals surface area contributed by atoms with Gasteiger partial charge >= 0.3 is 5.97 Å². The molecule has 1 aromatic carbocycles. The topological polar surface area (TPSA) is 85.4 Å². The molecule has 0 fully saturated rings. The predicted molar refractivity (Wildman–Crippen MR) is 83.1 cm³/mol. The highest BCUT2D eigenvalue weighted by Crippen LogP contribution is 2.28. The number of nitrogens with zero attached hydrogens (tertiary/aromatic N) is 2. The van der Waals surface area contributed by atoms with Crippen molar-refractivity contribution >= 4 is 11.7 Å². The van der Waals surface area contributed by atoms with Gasteiger partial charge in [0.2, 0.25) is 0 Å². The molecule has 0 aliphatic rings. The molecule has 0 spiro atoms. The van der Waals surface area contributed by atoms with E-state index in [9.17, 15) is 20.0 Å². The third-order valence-corrected chi connectivity index (χ3v) is 3.52. The third-order valence-electron chi connectivity index (χ3n) is 3.52. The van der Waals surface area contributed by atoms with Crippen LogP contribution in [0.2, 0.25) is 0 Å². The van der Waals surface area contributed by atoms with E-state index in [1.165, 1.54) is 12.1 Å². The van der Waals surface area contributed by atoms with Crippen molar-refractivity contribution in [1.82, 2.24) is 4.57 Å². The van der Waals surface area contributed by atoms with E-state index < -0.39 is 10.9 Å². The lowest BCUT2D eigenvalue weighted by Crippen LogP contribution is -2.09. The number of aromatic nitrogens is 1. The van der Waals surface area contributed by atoms with Crippen LogP contribution in [-0.4, -0.2) is 20.6 Å². The Morgan fingerprint density at radius 3 is 2.36 bits per heavy atom. The number of aromatic carboxylic acids is 1. The zero-order valence-corrected chi connectivity index (χ0v) is 12.7. The molecule has 6 heteroatoms. The molecule has 2 rings (SSSR count). The number of hydrogen-bond acceptors (Lipinski definition) is 3. The second-order valence-corrected chi connectivity index (χ2v) is 5.64. The first-order valence-corrected chi connectivity index (χ1v) is 6.99. The zero-order valence-electron chi connectivity index (χ0n) is 12.7. The molecule has 1 heterocycles. The van der Waals surface area contributed by atoms with E-state index in [2.05, 4.69) is 13.8 Å².